The summed E-state index contributed by atoms with van der Waals surface area (Å²) in [7, 11) is 0. The van der Waals surface area contributed by atoms with Crippen molar-refractivity contribution in [2.75, 3.05) is 0 Å². The van der Waals surface area contributed by atoms with E-state index in [2.05, 4.69) is 21.2 Å². The Morgan fingerprint density at radius 3 is 2.52 bits per heavy atom. The molecule has 0 aliphatic heterocycles. The molecule has 0 bridgehead atoms. The van der Waals surface area contributed by atoms with Crippen molar-refractivity contribution >= 4 is 33.8 Å². The van der Waals surface area contributed by atoms with E-state index in [-0.39, 0.29) is 0 Å². The fourth-order valence-corrected chi connectivity index (χ4v) is 3.03. The SMILES string of the molecule is Cc1c(Sc2nc3ccccc3o2)nnc2ccccc12. The molecule has 2 aromatic carbocycles. The van der Waals surface area contributed by atoms with Gasteiger partial charge >= 0.3 is 0 Å². The number of aromatic nitrogens is 3. The average molecular weight is 293 g/mol. The van der Waals surface area contributed by atoms with Crippen LogP contribution in [0.2, 0.25) is 0 Å². The van der Waals surface area contributed by atoms with E-state index in [4.69, 9.17) is 4.42 Å². The van der Waals surface area contributed by atoms with Crippen molar-refractivity contribution in [3.8, 4) is 0 Å². The van der Waals surface area contributed by atoms with Gasteiger partial charge in [0.2, 0.25) is 0 Å². The number of nitrogens with zero attached hydrogens (tertiary/aromatic N) is 3. The first kappa shape index (κ1) is 12.3. The normalized spacial score (nSPS) is 11.3. The number of benzene rings is 2. The lowest BCUT2D eigenvalue weighted by Crippen LogP contribution is -1.92. The minimum atomic E-state index is 0.587. The Bertz CT molecular complexity index is 915. The van der Waals surface area contributed by atoms with Gasteiger partial charge in [-0.2, -0.15) is 0 Å². The number of oxazole rings is 1. The third kappa shape index (κ3) is 2.15. The second kappa shape index (κ2) is 4.86. The van der Waals surface area contributed by atoms with Gasteiger partial charge in [-0.05, 0) is 42.4 Å². The molecule has 0 fully saturated rings. The molecule has 0 amide bonds. The van der Waals surface area contributed by atoms with Crippen molar-refractivity contribution in [2.45, 2.75) is 17.2 Å². The van der Waals surface area contributed by atoms with E-state index in [0.29, 0.717) is 5.22 Å². The summed E-state index contributed by atoms with van der Waals surface area (Å²) in [5, 5.41) is 11.0. The molecule has 0 atom stereocenters. The summed E-state index contributed by atoms with van der Waals surface area (Å²) in [6.45, 7) is 2.04. The van der Waals surface area contributed by atoms with E-state index in [1.807, 2.05) is 49.4 Å². The molecule has 4 aromatic rings. The van der Waals surface area contributed by atoms with Crippen molar-refractivity contribution in [1.82, 2.24) is 15.2 Å². The maximum absolute atomic E-state index is 5.72. The summed E-state index contributed by atoms with van der Waals surface area (Å²) >= 11 is 1.40. The molecule has 0 aliphatic rings. The second-order valence-electron chi connectivity index (χ2n) is 4.70. The van der Waals surface area contributed by atoms with Gasteiger partial charge in [-0.1, -0.05) is 30.3 Å². The highest BCUT2D eigenvalue weighted by Gasteiger charge is 2.12. The highest BCUT2D eigenvalue weighted by atomic mass is 32.2. The summed E-state index contributed by atoms with van der Waals surface area (Å²) in [4.78, 5) is 4.46. The minimum absolute atomic E-state index is 0.587. The number of para-hydroxylation sites is 2. The van der Waals surface area contributed by atoms with Crippen LogP contribution in [0.3, 0.4) is 0 Å². The van der Waals surface area contributed by atoms with Crippen molar-refractivity contribution in [3.05, 3.63) is 54.1 Å². The van der Waals surface area contributed by atoms with Gasteiger partial charge in [0, 0.05) is 5.39 Å². The van der Waals surface area contributed by atoms with Crippen LogP contribution >= 0.6 is 11.8 Å². The maximum Gasteiger partial charge on any atom is 0.263 e. The predicted molar refractivity (Wildman–Crippen MR) is 82.4 cm³/mol. The van der Waals surface area contributed by atoms with Crippen molar-refractivity contribution in [3.63, 3.8) is 0 Å². The van der Waals surface area contributed by atoms with Crippen LogP contribution in [0.1, 0.15) is 5.56 Å². The van der Waals surface area contributed by atoms with Crippen LogP contribution in [0.5, 0.6) is 0 Å². The Kier molecular flexibility index (Phi) is 2.86. The molecule has 5 heteroatoms. The molecule has 0 saturated heterocycles. The summed E-state index contributed by atoms with van der Waals surface area (Å²) in [6, 6.07) is 15.7. The van der Waals surface area contributed by atoms with Gasteiger partial charge in [-0.25, -0.2) is 4.98 Å². The van der Waals surface area contributed by atoms with Crippen LogP contribution in [0, 0.1) is 6.92 Å². The van der Waals surface area contributed by atoms with Crippen molar-refractivity contribution in [2.24, 2.45) is 0 Å². The minimum Gasteiger partial charge on any atom is -0.431 e. The number of hydrogen-bond acceptors (Lipinski definition) is 5. The fourth-order valence-electron chi connectivity index (χ4n) is 2.24. The Hall–Kier alpha value is -2.40. The zero-order valence-electron chi connectivity index (χ0n) is 11.3. The van der Waals surface area contributed by atoms with Gasteiger partial charge in [-0.3, -0.25) is 0 Å². The van der Waals surface area contributed by atoms with Gasteiger partial charge in [0.05, 0.1) is 5.52 Å². The molecule has 2 heterocycles. The van der Waals surface area contributed by atoms with Crippen LogP contribution in [0.4, 0.5) is 0 Å². The fraction of sp³-hybridized carbons (Fsp3) is 0.0625. The van der Waals surface area contributed by atoms with Gasteiger partial charge in [-0.15, -0.1) is 10.2 Å². The summed E-state index contributed by atoms with van der Waals surface area (Å²) in [5.74, 6) is 0. The smallest absolute Gasteiger partial charge is 0.263 e. The molecule has 0 N–H and O–H groups in total. The molecule has 0 unspecified atom stereocenters. The van der Waals surface area contributed by atoms with Crippen LogP contribution < -0.4 is 0 Å². The van der Waals surface area contributed by atoms with Gasteiger partial charge in [0.15, 0.2) is 5.58 Å². The predicted octanol–water partition coefficient (Wildman–Crippen LogP) is 4.23. The Balaban J connectivity index is 1.78. The molecule has 0 aliphatic carbocycles. The molecule has 21 heavy (non-hydrogen) atoms. The standard InChI is InChI=1S/C16H11N3OS/c1-10-11-6-2-3-7-12(11)18-19-15(10)21-16-17-13-8-4-5-9-14(13)20-16/h2-9H,1H3. The third-order valence-corrected chi connectivity index (χ3v) is 4.27. The number of rotatable bonds is 2. The lowest BCUT2D eigenvalue weighted by molar-refractivity contribution is 0.489. The highest BCUT2D eigenvalue weighted by Crippen LogP contribution is 2.32. The second-order valence-corrected chi connectivity index (χ2v) is 5.64. The van der Waals surface area contributed by atoms with Crippen LogP contribution in [-0.2, 0) is 0 Å². The lowest BCUT2D eigenvalue weighted by atomic mass is 10.1. The molecule has 2 aromatic heterocycles. The third-order valence-electron chi connectivity index (χ3n) is 3.34. The average Bonchev–Trinajstić information content (AvgIpc) is 2.93. The van der Waals surface area contributed by atoms with Crippen LogP contribution in [-0.4, -0.2) is 15.2 Å². The summed E-state index contributed by atoms with van der Waals surface area (Å²) in [6.07, 6.45) is 0. The first-order valence-corrected chi connectivity index (χ1v) is 7.38. The van der Waals surface area contributed by atoms with Gasteiger partial charge in [0.25, 0.3) is 5.22 Å². The van der Waals surface area contributed by atoms with E-state index in [0.717, 1.165) is 32.6 Å². The van der Waals surface area contributed by atoms with Crippen molar-refractivity contribution in [1.29, 1.82) is 0 Å². The zero-order chi connectivity index (χ0) is 14.2. The quantitative estimate of drug-likeness (QED) is 0.553. The summed E-state index contributed by atoms with van der Waals surface area (Å²) in [5.41, 5.74) is 3.63. The molecule has 0 radical (unpaired) electrons. The van der Waals surface area contributed by atoms with Gasteiger partial charge in [0.1, 0.15) is 10.5 Å². The monoisotopic (exact) mass is 293 g/mol. The Morgan fingerprint density at radius 1 is 0.905 bits per heavy atom. The molecule has 4 nitrogen and oxygen atoms in total. The topological polar surface area (TPSA) is 51.8 Å². The maximum atomic E-state index is 5.72. The number of aryl methyl sites for hydroxylation is 1. The van der Waals surface area contributed by atoms with E-state index in [1.165, 1.54) is 11.8 Å². The molecular weight excluding hydrogens is 282 g/mol. The van der Waals surface area contributed by atoms with Gasteiger partial charge < -0.3 is 4.42 Å². The molecule has 102 valence electrons. The lowest BCUT2D eigenvalue weighted by Gasteiger charge is -2.04. The largest absolute Gasteiger partial charge is 0.431 e. The molecule has 0 saturated carbocycles. The molecular formula is C16H11N3OS. The first-order chi connectivity index (χ1) is 10.3. The van der Waals surface area contributed by atoms with Crippen LogP contribution in [0.25, 0.3) is 22.0 Å². The number of hydrogen-bond donors (Lipinski definition) is 0. The zero-order valence-corrected chi connectivity index (χ0v) is 12.1. The summed E-state index contributed by atoms with van der Waals surface area (Å²) < 4.78 is 5.72. The van der Waals surface area contributed by atoms with E-state index >= 15 is 0 Å². The van der Waals surface area contributed by atoms with E-state index in [1.54, 1.807) is 0 Å². The number of fused-ring (bicyclic) bond motifs is 2. The van der Waals surface area contributed by atoms with Crippen molar-refractivity contribution < 1.29 is 4.42 Å². The highest BCUT2D eigenvalue weighted by molar-refractivity contribution is 7.99. The molecule has 4 rings (SSSR count). The van der Waals surface area contributed by atoms with Crippen LogP contribution in [0.15, 0.2) is 63.2 Å². The Morgan fingerprint density at radius 2 is 1.67 bits per heavy atom. The van der Waals surface area contributed by atoms with E-state index in [9.17, 15) is 0 Å². The Labute approximate surface area is 125 Å². The molecule has 0 spiro atoms. The van der Waals surface area contributed by atoms with E-state index < -0.39 is 0 Å². The first-order valence-electron chi connectivity index (χ1n) is 6.57.